The van der Waals surface area contributed by atoms with Crippen molar-refractivity contribution in [1.82, 2.24) is 33.9 Å². The number of aliphatic hydroxyl groups is 1. The van der Waals surface area contributed by atoms with Crippen LogP contribution >= 0.6 is 11.3 Å². The lowest BCUT2D eigenvalue weighted by Crippen LogP contribution is -2.53. The summed E-state index contributed by atoms with van der Waals surface area (Å²) in [4.78, 5) is 58.3. The molecule has 7 rings (SSSR count). The van der Waals surface area contributed by atoms with E-state index < -0.39 is 5.60 Å². The molecule has 0 radical (unpaired) electrons. The molecule has 2 amide bonds. The highest BCUT2D eigenvalue weighted by molar-refractivity contribution is 7.16. The Bertz CT molecular complexity index is 1990. The average Bonchev–Trinajstić information content (AvgIpc) is 3.74. The van der Waals surface area contributed by atoms with Crippen LogP contribution in [-0.2, 0) is 18.4 Å². The van der Waals surface area contributed by atoms with Gasteiger partial charge in [0.1, 0.15) is 21.9 Å². The normalized spacial score (nSPS) is 19.6. The maximum absolute atomic E-state index is 14.1. The number of hydrogen-bond donors (Lipinski definition) is 1. The quantitative estimate of drug-likeness (QED) is 0.296. The van der Waals surface area contributed by atoms with Gasteiger partial charge in [0.05, 0.1) is 23.7 Å². The van der Waals surface area contributed by atoms with Gasteiger partial charge in [-0.05, 0) is 49.9 Å². The predicted octanol–water partition coefficient (Wildman–Crippen LogP) is 3.86. The second-order valence-electron chi connectivity index (χ2n) is 12.8. The maximum atomic E-state index is 14.1. The van der Waals surface area contributed by atoms with Gasteiger partial charge in [-0.1, -0.05) is 30.3 Å². The molecule has 1 aromatic carbocycles. The van der Waals surface area contributed by atoms with Crippen molar-refractivity contribution in [3.8, 4) is 10.6 Å². The fourth-order valence-electron chi connectivity index (χ4n) is 6.96. The molecule has 47 heavy (non-hydrogen) atoms. The minimum absolute atomic E-state index is 0.0469. The largest absolute Gasteiger partial charge is 0.388 e. The Morgan fingerprint density at radius 3 is 2.57 bits per heavy atom. The number of nitrogens with zero attached hydrogens (tertiary/aromatic N) is 7. The lowest BCUT2D eigenvalue weighted by atomic mass is 9.79. The Morgan fingerprint density at radius 2 is 1.81 bits per heavy atom. The van der Waals surface area contributed by atoms with Crippen LogP contribution in [0.2, 0.25) is 0 Å². The van der Waals surface area contributed by atoms with Gasteiger partial charge in [-0.2, -0.15) is 0 Å². The number of benzene rings is 1. The van der Waals surface area contributed by atoms with Gasteiger partial charge in [-0.25, -0.2) is 9.97 Å². The summed E-state index contributed by atoms with van der Waals surface area (Å²) in [5.41, 5.74) is 2.15. The Hall–Kier alpha value is -4.68. The highest BCUT2D eigenvalue weighted by Gasteiger charge is 2.42. The number of amides is 2. The Balaban J connectivity index is 1.04. The summed E-state index contributed by atoms with van der Waals surface area (Å²) >= 11 is 1.37. The van der Waals surface area contributed by atoms with Crippen LogP contribution < -0.4 is 5.56 Å². The molecule has 1 N–H and O–H groups in total. The molecule has 2 saturated heterocycles. The van der Waals surface area contributed by atoms with Crippen LogP contribution in [0.4, 0.5) is 0 Å². The standard InChI is InChI=1S/C35H37N7O4S/c1-23-18-25(8-13-36-23)31-37-19-29(47-31)34(45)41-15-10-26(28(20-41)24-6-4-3-5-7-24)32(43)40-16-11-35(46,12-17-40)21-42-22-38-30-27(33(42)44)9-14-39(30)2/h3-9,13-14,18-19,22,26,28,46H,10-12,15-17,20-21H2,1-2H3/t26-,28+/m1/s1. The van der Waals surface area contributed by atoms with E-state index in [2.05, 4.69) is 15.0 Å². The van der Waals surface area contributed by atoms with E-state index in [1.165, 1.54) is 22.2 Å². The zero-order valence-electron chi connectivity index (χ0n) is 26.5. The molecule has 4 aromatic heterocycles. The summed E-state index contributed by atoms with van der Waals surface area (Å²) in [5.74, 6) is -0.491. The third-order valence-corrected chi connectivity index (χ3v) is 10.7. The van der Waals surface area contributed by atoms with Crippen LogP contribution in [0.3, 0.4) is 0 Å². The van der Waals surface area contributed by atoms with Crippen LogP contribution in [-0.4, -0.2) is 82.6 Å². The SMILES string of the molecule is Cc1cc(-c2ncc(C(=O)N3CC[C@@H](C(=O)N4CCC(O)(Cn5cnc6c(ccn6C)c5=O)CC4)[C@H](c4ccccc4)C3)s2)ccn1. The van der Waals surface area contributed by atoms with Crippen molar-refractivity contribution in [2.75, 3.05) is 26.2 Å². The van der Waals surface area contributed by atoms with E-state index in [0.717, 1.165) is 21.8 Å². The number of carbonyl (C=O) groups is 2. The number of rotatable bonds is 6. The Labute approximate surface area is 276 Å². The van der Waals surface area contributed by atoms with Crippen molar-refractivity contribution in [2.24, 2.45) is 13.0 Å². The monoisotopic (exact) mass is 651 g/mol. The van der Waals surface area contributed by atoms with E-state index in [4.69, 9.17) is 0 Å². The average molecular weight is 652 g/mol. The molecular formula is C35H37N7O4S. The molecule has 6 heterocycles. The van der Waals surface area contributed by atoms with Crippen molar-refractivity contribution in [3.05, 3.63) is 99.9 Å². The van der Waals surface area contributed by atoms with Crippen LogP contribution in [0, 0.1) is 12.8 Å². The third-order valence-electron chi connectivity index (χ3n) is 9.63. The molecule has 2 atom stereocenters. The zero-order chi connectivity index (χ0) is 32.7. The molecular weight excluding hydrogens is 614 g/mol. The number of fused-ring (bicyclic) bond motifs is 1. The first-order valence-corrected chi connectivity index (χ1v) is 16.8. The second kappa shape index (κ2) is 12.5. The van der Waals surface area contributed by atoms with Gasteiger partial charge in [0.2, 0.25) is 5.91 Å². The number of carbonyl (C=O) groups excluding carboxylic acids is 2. The van der Waals surface area contributed by atoms with Gasteiger partial charge in [0.25, 0.3) is 11.5 Å². The Kier molecular flexibility index (Phi) is 8.23. The molecule has 0 aliphatic carbocycles. The van der Waals surface area contributed by atoms with Crippen LogP contribution in [0.25, 0.3) is 21.6 Å². The number of pyridine rings is 1. The van der Waals surface area contributed by atoms with Crippen molar-refractivity contribution in [1.29, 1.82) is 0 Å². The molecule has 242 valence electrons. The molecule has 5 aromatic rings. The smallest absolute Gasteiger partial charge is 0.265 e. The zero-order valence-corrected chi connectivity index (χ0v) is 27.3. The first-order chi connectivity index (χ1) is 22.7. The summed E-state index contributed by atoms with van der Waals surface area (Å²) in [6.45, 7) is 3.73. The number of piperidine rings is 2. The molecule has 2 fully saturated rings. The number of likely N-dealkylation sites (tertiary alicyclic amines) is 2. The topological polar surface area (TPSA) is 126 Å². The highest BCUT2D eigenvalue weighted by atomic mass is 32.1. The first-order valence-electron chi connectivity index (χ1n) is 15.9. The first kappa shape index (κ1) is 30.9. The minimum Gasteiger partial charge on any atom is -0.388 e. The van der Waals surface area contributed by atoms with E-state index in [1.54, 1.807) is 29.2 Å². The van der Waals surface area contributed by atoms with Gasteiger partial charge in [0.15, 0.2) is 0 Å². The summed E-state index contributed by atoms with van der Waals surface area (Å²) in [5, 5.41) is 12.8. The molecule has 2 aliphatic heterocycles. The third kappa shape index (κ3) is 6.10. The van der Waals surface area contributed by atoms with Gasteiger partial charge < -0.3 is 19.5 Å². The molecule has 12 heteroatoms. The number of aromatic nitrogens is 5. The fraction of sp³-hybridized carbons (Fsp3) is 0.371. The lowest BCUT2D eigenvalue weighted by Gasteiger charge is -2.43. The van der Waals surface area contributed by atoms with Crippen molar-refractivity contribution < 1.29 is 14.7 Å². The number of hydrogen-bond acceptors (Lipinski definition) is 8. The molecule has 0 saturated carbocycles. The lowest BCUT2D eigenvalue weighted by molar-refractivity contribution is -0.142. The minimum atomic E-state index is -1.12. The van der Waals surface area contributed by atoms with Crippen molar-refractivity contribution >= 4 is 34.2 Å². The summed E-state index contributed by atoms with van der Waals surface area (Å²) < 4.78 is 3.27. The number of thiazole rings is 1. The predicted molar refractivity (Wildman–Crippen MR) is 179 cm³/mol. The maximum Gasteiger partial charge on any atom is 0.265 e. The van der Waals surface area contributed by atoms with E-state index >= 15 is 0 Å². The summed E-state index contributed by atoms with van der Waals surface area (Å²) in [6.07, 6.45) is 7.93. The molecule has 0 bridgehead atoms. The fourth-order valence-corrected chi connectivity index (χ4v) is 7.84. The molecule has 0 unspecified atom stereocenters. The van der Waals surface area contributed by atoms with Gasteiger partial charge in [-0.15, -0.1) is 11.3 Å². The molecule has 11 nitrogen and oxygen atoms in total. The second-order valence-corrected chi connectivity index (χ2v) is 13.8. The molecule has 2 aliphatic rings. The Morgan fingerprint density at radius 1 is 1.02 bits per heavy atom. The van der Waals surface area contributed by atoms with Crippen LogP contribution in [0.1, 0.15) is 46.1 Å². The highest BCUT2D eigenvalue weighted by Crippen LogP contribution is 2.37. The van der Waals surface area contributed by atoms with Gasteiger partial charge >= 0.3 is 0 Å². The van der Waals surface area contributed by atoms with Crippen LogP contribution in [0.5, 0.6) is 0 Å². The van der Waals surface area contributed by atoms with Crippen LogP contribution in [0.15, 0.2) is 78.2 Å². The van der Waals surface area contributed by atoms with E-state index in [9.17, 15) is 19.5 Å². The summed E-state index contributed by atoms with van der Waals surface area (Å²) in [7, 11) is 1.84. The number of aryl methyl sites for hydroxylation is 2. The summed E-state index contributed by atoms with van der Waals surface area (Å²) in [6, 6.07) is 15.5. The van der Waals surface area contributed by atoms with Gasteiger partial charge in [0, 0.05) is 68.7 Å². The van der Waals surface area contributed by atoms with Crippen molar-refractivity contribution in [2.45, 2.75) is 44.2 Å². The van der Waals surface area contributed by atoms with E-state index in [-0.39, 0.29) is 35.8 Å². The van der Waals surface area contributed by atoms with Gasteiger partial charge in [-0.3, -0.25) is 23.9 Å². The molecule has 0 spiro atoms. The van der Waals surface area contributed by atoms with Crippen molar-refractivity contribution in [3.63, 3.8) is 0 Å². The van der Waals surface area contributed by atoms with E-state index in [0.29, 0.717) is 61.4 Å². The van der Waals surface area contributed by atoms with E-state index in [1.807, 2.05) is 66.2 Å².